The summed E-state index contributed by atoms with van der Waals surface area (Å²) in [7, 11) is -2.26. The molecule has 0 unspecified atom stereocenters. The number of hydrogen-bond acceptors (Lipinski definition) is 5. The zero-order valence-corrected chi connectivity index (χ0v) is 18.5. The second-order valence-electron chi connectivity index (χ2n) is 8.83. The third-order valence-corrected chi connectivity index (χ3v) is 8.78. The molecule has 1 saturated carbocycles. The Morgan fingerprint density at radius 1 is 1.00 bits per heavy atom. The summed E-state index contributed by atoms with van der Waals surface area (Å²) in [6, 6.07) is 4.92. The van der Waals surface area contributed by atoms with Crippen molar-refractivity contribution < 1.29 is 22.7 Å². The second-order valence-corrected chi connectivity index (χ2v) is 10.7. The zero-order chi connectivity index (χ0) is 21.5. The minimum Gasteiger partial charge on any atom is -0.495 e. The Hall–Kier alpha value is -1.93. The molecule has 2 atom stereocenters. The molecule has 2 heterocycles. The van der Waals surface area contributed by atoms with Crippen LogP contribution in [0.15, 0.2) is 23.1 Å². The van der Waals surface area contributed by atoms with Crippen LogP contribution in [0, 0.1) is 17.8 Å². The Morgan fingerprint density at radius 3 is 2.17 bits per heavy atom. The molecule has 3 fully saturated rings. The number of ether oxygens (including phenoxy) is 1. The Bertz CT molecular complexity index is 913. The van der Waals surface area contributed by atoms with Crippen LogP contribution in [-0.2, 0) is 26.2 Å². The van der Waals surface area contributed by atoms with Crippen LogP contribution < -0.4 is 4.74 Å². The molecule has 2 saturated heterocycles. The van der Waals surface area contributed by atoms with E-state index >= 15 is 0 Å². The summed E-state index contributed by atoms with van der Waals surface area (Å²) in [5.74, 6) is 0.154. The lowest BCUT2D eigenvalue weighted by Crippen LogP contribution is -2.38. The molecule has 1 aliphatic carbocycles. The number of sulfonamides is 1. The quantitative estimate of drug-likeness (QED) is 0.666. The maximum Gasteiger partial charge on any atom is 0.246 e. The largest absolute Gasteiger partial charge is 0.495 e. The van der Waals surface area contributed by atoms with Crippen LogP contribution in [-0.4, -0.2) is 49.6 Å². The van der Waals surface area contributed by atoms with Gasteiger partial charge in [0.05, 0.1) is 25.5 Å². The summed E-state index contributed by atoms with van der Waals surface area (Å²) < 4.78 is 33.4. The summed E-state index contributed by atoms with van der Waals surface area (Å²) in [6.07, 6.45) is 5.16. The van der Waals surface area contributed by atoms with E-state index in [0.29, 0.717) is 24.6 Å². The van der Waals surface area contributed by atoms with Crippen molar-refractivity contribution in [3.05, 3.63) is 23.8 Å². The number of nitrogens with zero attached hydrogens (tertiary/aromatic N) is 2. The lowest BCUT2D eigenvalue weighted by molar-refractivity contribution is -0.140. The molecule has 8 heteroatoms. The first-order valence-corrected chi connectivity index (χ1v) is 12.3. The summed E-state index contributed by atoms with van der Waals surface area (Å²) in [6.45, 7) is 3.22. The minimum atomic E-state index is -3.71. The van der Waals surface area contributed by atoms with Gasteiger partial charge in [0.2, 0.25) is 21.8 Å². The van der Waals surface area contributed by atoms with Crippen molar-refractivity contribution >= 4 is 21.8 Å². The van der Waals surface area contributed by atoms with Gasteiger partial charge in [-0.25, -0.2) is 8.42 Å². The molecule has 30 heavy (non-hydrogen) atoms. The van der Waals surface area contributed by atoms with E-state index in [1.165, 1.54) is 16.3 Å². The minimum absolute atomic E-state index is 0.105. The molecule has 4 rings (SSSR count). The van der Waals surface area contributed by atoms with E-state index in [0.717, 1.165) is 38.5 Å². The number of piperidine rings is 1. The van der Waals surface area contributed by atoms with E-state index < -0.39 is 10.0 Å². The number of methoxy groups -OCH3 is 1. The van der Waals surface area contributed by atoms with Gasteiger partial charge in [0.25, 0.3) is 0 Å². The average molecular weight is 435 g/mol. The van der Waals surface area contributed by atoms with E-state index in [9.17, 15) is 18.0 Å². The van der Waals surface area contributed by atoms with Crippen molar-refractivity contribution in [3.8, 4) is 5.75 Å². The van der Waals surface area contributed by atoms with Crippen LogP contribution in [0.3, 0.4) is 0 Å². The number of benzene rings is 1. The van der Waals surface area contributed by atoms with Gasteiger partial charge in [-0.3, -0.25) is 14.5 Å². The Balaban J connectivity index is 1.60. The van der Waals surface area contributed by atoms with Crippen LogP contribution in [0.5, 0.6) is 5.75 Å². The van der Waals surface area contributed by atoms with Crippen LogP contribution in [0.1, 0.15) is 51.0 Å². The normalized spacial score (nSPS) is 26.1. The molecule has 164 valence electrons. The maximum absolute atomic E-state index is 13.3. The lowest BCUT2D eigenvalue weighted by atomic mass is 9.81. The fourth-order valence-corrected chi connectivity index (χ4v) is 6.63. The molecule has 2 aliphatic heterocycles. The number of imide groups is 1. The number of likely N-dealkylation sites (tertiary alicyclic amines) is 1. The van der Waals surface area contributed by atoms with Gasteiger partial charge in [-0.2, -0.15) is 4.31 Å². The number of carbonyl (C=O) groups is 2. The van der Waals surface area contributed by atoms with Gasteiger partial charge in [0.1, 0.15) is 10.6 Å². The Kier molecular flexibility index (Phi) is 5.90. The van der Waals surface area contributed by atoms with Crippen molar-refractivity contribution in [2.45, 2.75) is 56.9 Å². The van der Waals surface area contributed by atoms with Crippen LogP contribution in [0.25, 0.3) is 0 Å². The highest BCUT2D eigenvalue weighted by Crippen LogP contribution is 2.39. The van der Waals surface area contributed by atoms with Gasteiger partial charge in [0, 0.05) is 13.1 Å². The molecule has 1 aromatic rings. The second kappa shape index (κ2) is 8.30. The average Bonchev–Trinajstić information content (AvgIpc) is 2.99. The van der Waals surface area contributed by atoms with Gasteiger partial charge in [-0.1, -0.05) is 25.8 Å². The molecular weight excluding hydrogens is 404 g/mol. The summed E-state index contributed by atoms with van der Waals surface area (Å²) in [5, 5.41) is 0. The zero-order valence-electron chi connectivity index (χ0n) is 17.7. The Labute approximate surface area is 178 Å². The molecular formula is C22H30N2O5S. The Morgan fingerprint density at radius 2 is 1.60 bits per heavy atom. The predicted octanol–water partition coefficient (Wildman–Crippen LogP) is 2.79. The van der Waals surface area contributed by atoms with Gasteiger partial charge < -0.3 is 4.74 Å². The van der Waals surface area contributed by atoms with Crippen molar-refractivity contribution in [2.24, 2.45) is 17.8 Å². The summed E-state index contributed by atoms with van der Waals surface area (Å²) in [4.78, 5) is 27.0. The summed E-state index contributed by atoms with van der Waals surface area (Å²) in [5.41, 5.74) is 0.625. The molecule has 3 aliphatic rings. The van der Waals surface area contributed by atoms with Gasteiger partial charge >= 0.3 is 0 Å². The molecule has 0 radical (unpaired) electrons. The monoisotopic (exact) mass is 434 g/mol. The maximum atomic E-state index is 13.3. The van der Waals surface area contributed by atoms with Gasteiger partial charge in [-0.05, 0) is 49.3 Å². The molecule has 0 aromatic heterocycles. The van der Waals surface area contributed by atoms with E-state index in [1.807, 2.05) is 0 Å². The van der Waals surface area contributed by atoms with E-state index in [1.54, 1.807) is 18.2 Å². The van der Waals surface area contributed by atoms with Gasteiger partial charge in [0.15, 0.2) is 0 Å². The van der Waals surface area contributed by atoms with Crippen molar-refractivity contribution in [1.29, 1.82) is 0 Å². The standard InChI is InChI=1S/C22H30N2O5S/c1-15-9-11-23(12-10-15)30(27,28)20-13-16(7-8-19(20)29-2)14-24-21(25)17-5-3-4-6-18(17)22(24)26/h7-8,13,15,17-18H,3-6,9-12,14H2,1-2H3/t17-,18+. The van der Waals surface area contributed by atoms with Crippen LogP contribution in [0.2, 0.25) is 0 Å². The molecule has 0 N–H and O–H groups in total. The first kappa shape index (κ1) is 21.3. The van der Waals surface area contributed by atoms with Crippen molar-refractivity contribution in [1.82, 2.24) is 9.21 Å². The topological polar surface area (TPSA) is 84.0 Å². The third kappa shape index (κ3) is 3.75. The molecule has 0 bridgehead atoms. The number of fused-ring (bicyclic) bond motifs is 1. The SMILES string of the molecule is COc1ccc(CN2C(=O)[C@H]3CCCC[C@H]3C2=O)cc1S(=O)(=O)N1CCC(C)CC1. The predicted molar refractivity (Wildman–Crippen MR) is 111 cm³/mol. The third-order valence-electron chi connectivity index (χ3n) is 6.86. The highest BCUT2D eigenvalue weighted by atomic mass is 32.2. The van der Waals surface area contributed by atoms with Crippen molar-refractivity contribution in [3.63, 3.8) is 0 Å². The van der Waals surface area contributed by atoms with Crippen LogP contribution in [0.4, 0.5) is 0 Å². The molecule has 7 nitrogen and oxygen atoms in total. The van der Waals surface area contributed by atoms with E-state index in [-0.39, 0.29) is 40.8 Å². The number of hydrogen-bond donors (Lipinski definition) is 0. The highest BCUT2D eigenvalue weighted by Gasteiger charge is 2.48. The lowest BCUT2D eigenvalue weighted by Gasteiger charge is -2.30. The molecule has 1 aromatic carbocycles. The smallest absolute Gasteiger partial charge is 0.246 e. The van der Waals surface area contributed by atoms with Gasteiger partial charge in [-0.15, -0.1) is 0 Å². The highest BCUT2D eigenvalue weighted by molar-refractivity contribution is 7.89. The summed E-state index contributed by atoms with van der Waals surface area (Å²) >= 11 is 0. The molecule has 2 amide bonds. The van der Waals surface area contributed by atoms with E-state index in [4.69, 9.17) is 4.74 Å². The first-order valence-electron chi connectivity index (χ1n) is 10.8. The fraction of sp³-hybridized carbons (Fsp3) is 0.636. The fourth-order valence-electron chi connectivity index (χ4n) is 4.95. The van der Waals surface area contributed by atoms with Crippen molar-refractivity contribution in [2.75, 3.05) is 20.2 Å². The molecule has 0 spiro atoms. The first-order chi connectivity index (χ1) is 14.3. The van der Waals surface area contributed by atoms with E-state index in [2.05, 4.69) is 6.92 Å². The van der Waals surface area contributed by atoms with Crippen LogP contribution >= 0.6 is 0 Å². The number of carbonyl (C=O) groups excluding carboxylic acids is 2. The number of amides is 2. The number of rotatable bonds is 5.